The van der Waals surface area contributed by atoms with E-state index in [4.69, 9.17) is 0 Å². The molecule has 1 nitrogen and oxygen atoms in total. The molecule has 0 unspecified atom stereocenters. The first-order chi connectivity index (χ1) is 12.3. The molecule has 146 valence electrons. The van der Waals surface area contributed by atoms with Crippen molar-refractivity contribution in [2.45, 2.75) is 74.7 Å². The van der Waals surface area contributed by atoms with Crippen LogP contribution < -0.4 is 5.32 Å². The molecule has 0 atom stereocenters. The first kappa shape index (κ1) is 24.2. The third-order valence-electron chi connectivity index (χ3n) is 4.20. The van der Waals surface area contributed by atoms with Gasteiger partial charge in [0.25, 0.3) is 0 Å². The fraction of sp³-hybridized carbons (Fsp3) is 0.520. The van der Waals surface area contributed by atoms with Crippen molar-refractivity contribution in [3.63, 3.8) is 0 Å². The Hall–Kier alpha value is -1.76. The zero-order valence-corrected chi connectivity index (χ0v) is 18.4. The average molecular weight is 356 g/mol. The summed E-state index contributed by atoms with van der Waals surface area (Å²) in [6.07, 6.45) is 18.9. The van der Waals surface area contributed by atoms with Crippen LogP contribution in [0.15, 0.2) is 70.5 Å². The number of hydrogen-bond acceptors (Lipinski definition) is 1. The molecule has 0 heterocycles. The van der Waals surface area contributed by atoms with Crippen LogP contribution in [0.25, 0.3) is 0 Å². The number of hydrogen-bond donors (Lipinski definition) is 1. The average Bonchev–Trinajstić information content (AvgIpc) is 2.59. The maximum atomic E-state index is 3.66. The second kappa shape index (κ2) is 14.4. The fourth-order valence-corrected chi connectivity index (χ4v) is 2.57. The van der Waals surface area contributed by atoms with E-state index in [0.29, 0.717) is 5.92 Å². The standard InChI is InChI=1S/C25H41N/c1-9-12-24(13-10-2)16-17-25(23(8)15-14-20(4)5)26-19-22(7)18-21(6)11-3/h9,11-13,15,17-18,20,26H,10,14,16,19H2,1-8H3/b12-9-,21-11-,22-18+,23-15+,24-13+,25-17-. The molecule has 0 aliphatic carbocycles. The molecule has 0 saturated heterocycles. The van der Waals surface area contributed by atoms with Gasteiger partial charge in [-0.25, -0.2) is 0 Å². The Bertz CT molecular complexity index is 577. The van der Waals surface area contributed by atoms with Crippen LogP contribution in [0, 0.1) is 5.92 Å². The normalized spacial score (nSPS) is 15.3. The zero-order chi connectivity index (χ0) is 19.9. The number of rotatable bonds is 11. The maximum absolute atomic E-state index is 3.66. The molecule has 0 saturated carbocycles. The van der Waals surface area contributed by atoms with E-state index < -0.39 is 0 Å². The van der Waals surface area contributed by atoms with Gasteiger partial charge >= 0.3 is 0 Å². The van der Waals surface area contributed by atoms with Crippen molar-refractivity contribution in [3.8, 4) is 0 Å². The lowest BCUT2D eigenvalue weighted by Crippen LogP contribution is -2.17. The van der Waals surface area contributed by atoms with E-state index in [9.17, 15) is 0 Å². The van der Waals surface area contributed by atoms with Crippen LogP contribution in [-0.2, 0) is 0 Å². The van der Waals surface area contributed by atoms with E-state index in [1.165, 1.54) is 28.0 Å². The van der Waals surface area contributed by atoms with Gasteiger partial charge in [0.05, 0.1) is 0 Å². The van der Waals surface area contributed by atoms with Crippen molar-refractivity contribution >= 4 is 0 Å². The van der Waals surface area contributed by atoms with E-state index >= 15 is 0 Å². The second-order valence-corrected chi connectivity index (χ2v) is 7.40. The van der Waals surface area contributed by atoms with Gasteiger partial charge in [0, 0.05) is 12.2 Å². The highest BCUT2D eigenvalue weighted by Gasteiger charge is 2.02. The van der Waals surface area contributed by atoms with E-state index in [-0.39, 0.29) is 0 Å². The molecule has 1 heteroatoms. The van der Waals surface area contributed by atoms with E-state index in [2.05, 4.69) is 103 Å². The van der Waals surface area contributed by atoms with E-state index in [0.717, 1.165) is 25.8 Å². The summed E-state index contributed by atoms with van der Waals surface area (Å²) in [6, 6.07) is 0. The van der Waals surface area contributed by atoms with Crippen LogP contribution in [0.1, 0.15) is 74.7 Å². The van der Waals surface area contributed by atoms with Gasteiger partial charge in [-0.1, -0.05) is 74.4 Å². The molecule has 0 amide bonds. The molecule has 0 rings (SSSR count). The predicted octanol–water partition coefficient (Wildman–Crippen LogP) is 7.67. The first-order valence-electron chi connectivity index (χ1n) is 10.1. The minimum absolute atomic E-state index is 0.684. The van der Waals surface area contributed by atoms with Crippen molar-refractivity contribution in [1.82, 2.24) is 5.32 Å². The number of allylic oxidation sites excluding steroid dienone is 10. The summed E-state index contributed by atoms with van der Waals surface area (Å²) in [5.74, 6) is 0.684. The van der Waals surface area contributed by atoms with Crippen molar-refractivity contribution in [1.29, 1.82) is 0 Å². The van der Waals surface area contributed by atoms with Crippen molar-refractivity contribution in [2.75, 3.05) is 6.54 Å². The summed E-state index contributed by atoms with van der Waals surface area (Å²) in [5, 5.41) is 3.66. The molecule has 0 spiro atoms. The Morgan fingerprint density at radius 2 is 1.69 bits per heavy atom. The Labute approximate surface area is 163 Å². The Kier molecular flexibility index (Phi) is 13.4. The molecule has 0 aliphatic rings. The fourth-order valence-electron chi connectivity index (χ4n) is 2.57. The predicted molar refractivity (Wildman–Crippen MR) is 120 cm³/mol. The van der Waals surface area contributed by atoms with Crippen molar-refractivity contribution in [2.24, 2.45) is 5.92 Å². The van der Waals surface area contributed by atoms with Gasteiger partial charge in [-0.2, -0.15) is 0 Å². The summed E-state index contributed by atoms with van der Waals surface area (Å²) in [5.41, 5.74) is 6.63. The minimum atomic E-state index is 0.684. The Balaban J connectivity index is 5.34. The third kappa shape index (κ3) is 11.7. The van der Waals surface area contributed by atoms with Gasteiger partial charge < -0.3 is 5.32 Å². The van der Waals surface area contributed by atoms with E-state index in [1.54, 1.807) is 0 Å². The Morgan fingerprint density at radius 3 is 2.23 bits per heavy atom. The first-order valence-corrected chi connectivity index (χ1v) is 10.1. The maximum Gasteiger partial charge on any atom is 0.0360 e. The van der Waals surface area contributed by atoms with Crippen molar-refractivity contribution in [3.05, 3.63) is 70.5 Å². The van der Waals surface area contributed by atoms with Crippen LogP contribution in [0.3, 0.4) is 0 Å². The lowest BCUT2D eigenvalue weighted by atomic mass is 10.0. The van der Waals surface area contributed by atoms with Gasteiger partial charge in [0.2, 0.25) is 0 Å². The highest BCUT2D eigenvalue weighted by atomic mass is 14.9. The zero-order valence-electron chi connectivity index (χ0n) is 18.4. The summed E-state index contributed by atoms with van der Waals surface area (Å²) in [7, 11) is 0. The summed E-state index contributed by atoms with van der Waals surface area (Å²) >= 11 is 0. The van der Waals surface area contributed by atoms with Gasteiger partial charge in [0.1, 0.15) is 0 Å². The van der Waals surface area contributed by atoms with E-state index in [1.807, 2.05) is 0 Å². The summed E-state index contributed by atoms with van der Waals surface area (Å²) in [4.78, 5) is 0. The lowest BCUT2D eigenvalue weighted by molar-refractivity contribution is 0.660. The van der Waals surface area contributed by atoms with Gasteiger partial charge in [-0.05, 0) is 70.9 Å². The van der Waals surface area contributed by atoms with Gasteiger partial charge in [0.15, 0.2) is 0 Å². The molecule has 0 aromatic heterocycles. The van der Waals surface area contributed by atoms with Gasteiger partial charge in [-0.3, -0.25) is 0 Å². The molecule has 0 fully saturated rings. The molecular weight excluding hydrogens is 314 g/mol. The monoisotopic (exact) mass is 355 g/mol. The SMILES string of the molecule is C/C=C\C(=C/CC)C/C=C(NC/C(C)=C/C(C)=C\C)/C(C)=C/CC(C)C. The molecule has 0 aliphatic heterocycles. The van der Waals surface area contributed by atoms with Crippen LogP contribution in [0.2, 0.25) is 0 Å². The molecule has 1 N–H and O–H groups in total. The van der Waals surface area contributed by atoms with Crippen LogP contribution in [0.5, 0.6) is 0 Å². The smallest absolute Gasteiger partial charge is 0.0360 e. The lowest BCUT2D eigenvalue weighted by Gasteiger charge is -2.14. The summed E-state index contributed by atoms with van der Waals surface area (Å²) in [6.45, 7) is 18.3. The van der Waals surface area contributed by atoms with Crippen LogP contribution in [0.4, 0.5) is 0 Å². The topological polar surface area (TPSA) is 12.0 Å². The number of nitrogens with one attached hydrogen (secondary N) is 1. The third-order valence-corrected chi connectivity index (χ3v) is 4.20. The molecule has 0 bridgehead atoms. The highest BCUT2D eigenvalue weighted by molar-refractivity contribution is 5.32. The summed E-state index contributed by atoms with van der Waals surface area (Å²) < 4.78 is 0. The largest absolute Gasteiger partial charge is 0.381 e. The van der Waals surface area contributed by atoms with Gasteiger partial charge in [-0.15, -0.1) is 0 Å². The molecule has 0 aromatic carbocycles. The molecule has 0 radical (unpaired) electrons. The highest BCUT2D eigenvalue weighted by Crippen LogP contribution is 2.15. The van der Waals surface area contributed by atoms with Crippen LogP contribution in [-0.4, -0.2) is 6.54 Å². The Morgan fingerprint density at radius 1 is 1.00 bits per heavy atom. The molecular formula is C25H41N. The van der Waals surface area contributed by atoms with Crippen molar-refractivity contribution < 1.29 is 0 Å². The molecule has 26 heavy (non-hydrogen) atoms. The minimum Gasteiger partial charge on any atom is -0.381 e. The molecule has 0 aromatic rings. The second-order valence-electron chi connectivity index (χ2n) is 7.40. The quantitative estimate of drug-likeness (QED) is 0.375. The van der Waals surface area contributed by atoms with Crippen LogP contribution >= 0.6 is 0 Å².